The van der Waals surface area contributed by atoms with E-state index in [1.807, 2.05) is 18.5 Å². The van der Waals surface area contributed by atoms with Crippen molar-refractivity contribution in [2.45, 2.75) is 19.0 Å². The molecule has 122 valence electrons. The Morgan fingerprint density at radius 2 is 1.96 bits per heavy atom. The van der Waals surface area contributed by atoms with Crippen LogP contribution >= 0.6 is 11.8 Å². The maximum atomic E-state index is 11.9. The molecule has 23 heavy (non-hydrogen) atoms. The summed E-state index contributed by atoms with van der Waals surface area (Å²) in [5, 5.41) is 11.4. The molecule has 1 N–H and O–H groups in total. The van der Waals surface area contributed by atoms with E-state index in [2.05, 4.69) is 15.5 Å². The van der Waals surface area contributed by atoms with E-state index in [-0.39, 0.29) is 17.6 Å². The first-order valence-corrected chi connectivity index (χ1v) is 8.05. The number of carbonyl (C=O) groups is 2. The number of benzene rings is 1. The van der Waals surface area contributed by atoms with Gasteiger partial charge in [-0.3, -0.25) is 4.79 Å². The molecule has 0 saturated heterocycles. The molecule has 2 rings (SSSR count). The van der Waals surface area contributed by atoms with Gasteiger partial charge in [0.25, 0.3) is 0 Å². The van der Waals surface area contributed by atoms with E-state index in [9.17, 15) is 9.59 Å². The summed E-state index contributed by atoms with van der Waals surface area (Å²) >= 11 is 1.31. The molecule has 7 nitrogen and oxygen atoms in total. The predicted molar refractivity (Wildman–Crippen MR) is 87.5 cm³/mol. The van der Waals surface area contributed by atoms with Gasteiger partial charge in [0, 0.05) is 12.7 Å². The summed E-state index contributed by atoms with van der Waals surface area (Å²) in [6.07, 6.45) is 0. The molecule has 0 radical (unpaired) electrons. The molecule has 1 heterocycles. The van der Waals surface area contributed by atoms with Crippen molar-refractivity contribution < 1.29 is 14.3 Å². The van der Waals surface area contributed by atoms with Gasteiger partial charge in [0.1, 0.15) is 5.82 Å². The molecule has 1 amide bonds. The third-order valence-corrected chi connectivity index (χ3v) is 4.08. The van der Waals surface area contributed by atoms with Crippen LogP contribution in [0.4, 0.5) is 5.69 Å². The van der Waals surface area contributed by atoms with E-state index in [1.54, 1.807) is 31.2 Å². The van der Waals surface area contributed by atoms with E-state index in [4.69, 9.17) is 4.74 Å². The summed E-state index contributed by atoms with van der Waals surface area (Å²) in [6, 6.07) is 6.57. The SMILES string of the molecule is CCOC(=O)c1ccc(NC(=O)CSc2nnc(C)n2C)cc1. The lowest BCUT2D eigenvalue weighted by Gasteiger charge is -2.06. The van der Waals surface area contributed by atoms with Gasteiger partial charge in [-0.05, 0) is 38.1 Å². The predicted octanol–water partition coefficient (Wildman–Crippen LogP) is 2.03. The van der Waals surface area contributed by atoms with Crippen LogP contribution < -0.4 is 5.32 Å². The molecule has 0 unspecified atom stereocenters. The lowest BCUT2D eigenvalue weighted by Crippen LogP contribution is -2.14. The highest BCUT2D eigenvalue weighted by Gasteiger charge is 2.10. The number of carbonyl (C=O) groups excluding carboxylic acids is 2. The zero-order chi connectivity index (χ0) is 16.8. The molecule has 8 heteroatoms. The Morgan fingerprint density at radius 3 is 2.52 bits per heavy atom. The number of hydrogen-bond donors (Lipinski definition) is 1. The van der Waals surface area contributed by atoms with Gasteiger partial charge in [0.05, 0.1) is 17.9 Å². The fraction of sp³-hybridized carbons (Fsp3) is 0.333. The van der Waals surface area contributed by atoms with Crippen LogP contribution in [-0.4, -0.2) is 39.0 Å². The average molecular weight is 334 g/mol. The Balaban J connectivity index is 1.87. The minimum Gasteiger partial charge on any atom is -0.462 e. The largest absolute Gasteiger partial charge is 0.462 e. The zero-order valence-corrected chi connectivity index (χ0v) is 14.0. The number of nitrogens with one attached hydrogen (secondary N) is 1. The van der Waals surface area contributed by atoms with Gasteiger partial charge in [-0.1, -0.05) is 11.8 Å². The maximum absolute atomic E-state index is 11.9. The van der Waals surface area contributed by atoms with Gasteiger partial charge in [0.2, 0.25) is 5.91 Å². The van der Waals surface area contributed by atoms with Crippen molar-refractivity contribution in [3.63, 3.8) is 0 Å². The van der Waals surface area contributed by atoms with Gasteiger partial charge in [-0.2, -0.15) is 0 Å². The van der Waals surface area contributed by atoms with Crippen molar-refractivity contribution in [1.82, 2.24) is 14.8 Å². The molecule has 1 aromatic carbocycles. The Labute approximate surface area is 138 Å². The highest BCUT2D eigenvalue weighted by Crippen LogP contribution is 2.16. The van der Waals surface area contributed by atoms with Crippen LogP contribution in [0.5, 0.6) is 0 Å². The maximum Gasteiger partial charge on any atom is 0.338 e. The van der Waals surface area contributed by atoms with Crippen molar-refractivity contribution >= 4 is 29.3 Å². The second-order valence-electron chi connectivity index (χ2n) is 4.72. The normalized spacial score (nSPS) is 10.4. The molecular formula is C15H18N4O3S. The van der Waals surface area contributed by atoms with E-state index < -0.39 is 0 Å². The van der Waals surface area contributed by atoms with E-state index in [0.29, 0.717) is 23.0 Å². The highest BCUT2D eigenvalue weighted by molar-refractivity contribution is 7.99. The van der Waals surface area contributed by atoms with Crippen molar-refractivity contribution in [1.29, 1.82) is 0 Å². The Kier molecular flexibility index (Phi) is 5.75. The number of anilines is 1. The van der Waals surface area contributed by atoms with Crippen molar-refractivity contribution in [3.8, 4) is 0 Å². The van der Waals surface area contributed by atoms with Crippen LogP contribution in [0.15, 0.2) is 29.4 Å². The number of nitrogens with zero attached hydrogens (tertiary/aromatic N) is 3. The number of hydrogen-bond acceptors (Lipinski definition) is 6. The molecular weight excluding hydrogens is 316 g/mol. The first-order valence-electron chi connectivity index (χ1n) is 7.07. The lowest BCUT2D eigenvalue weighted by molar-refractivity contribution is -0.113. The fourth-order valence-corrected chi connectivity index (χ4v) is 2.50. The standard InChI is InChI=1S/C15H18N4O3S/c1-4-22-14(21)11-5-7-12(8-6-11)16-13(20)9-23-15-18-17-10(2)19(15)3/h5-8H,4,9H2,1-3H3,(H,16,20). The zero-order valence-electron chi connectivity index (χ0n) is 13.2. The number of thioether (sulfide) groups is 1. The minimum atomic E-state index is -0.376. The molecule has 1 aromatic heterocycles. The van der Waals surface area contributed by atoms with Crippen LogP contribution in [0.2, 0.25) is 0 Å². The molecule has 0 aliphatic heterocycles. The van der Waals surface area contributed by atoms with Crippen molar-refractivity contribution in [3.05, 3.63) is 35.7 Å². The van der Waals surface area contributed by atoms with Crippen LogP contribution in [-0.2, 0) is 16.6 Å². The quantitative estimate of drug-likeness (QED) is 0.642. The van der Waals surface area contributed by atoms with Crippen molar-refractivity contribution in [2.24, 2.45) is 7.05 Å². The van der Waals surface area contributed by atoms with Gasteiger partial charge >= 0.3 is 5.97 Å². The second-order valence-corrected chi connectivity index (χ2v) is 5.67. The number of rotatable bonds is 6. The molecule has 2 aromatic rings. The van der Waals surface area contributed by atoms with Crippen LogP contribution in [0.25, 0.3) is 0 Å². The Hall–Kier alpha value is -2.35. The number of esters is 1. The summed E-state index contributed by atoms with van der Waals surface area (Å²) in [4.78, 5) is 23.5. The van der Waals surface area contributed by atoms with E-state index >= 15 is 0 Å². The van der Waals surface area contributed by atoms with E-state index in [1.165, 1.54) is 11.8 Å². The smallest absolute Gasteiger partial charge is 0.338 e. The Bertz CT molecular complexity index is 697. The number of aromatic nitrogens is 3. The number of aryl methyl sites for hydroxylation is 1. The summed E-state index contributed by atoms with van der Waals surface area (Å²) in [5.74, 6) is 0.492. The van der Waals surface area contributed by atoms with Gasteiger partial charge in [0.15, 0.2) is 5.16 Å². The molecule has 0 saturated carbocycles. The molecule has 0 atom stereocenters. The summed E-state index contributed by atoms with van der Waals surface area (Å²) in [7, 11) is 1.85. The summed E-state index contributed by atoms with van der Waals surface area (Å²) in [6.45, 7) is 3.93. The van der Waals surface area contributed by atoms with Crippen molar-refractivity contribution in [2.75, 3.05) is 17.7 Å². The molecule has 0 aliphatic carbocycles. The molecule has 0 bridgehead atoms. The van der Waals surface area contributed by atoms with E-state index in [0.717, 1.165) is 5.82 Å². The molecule has 0 fully saturated rings. The first-order chi connectivity index (χ1) is 11.0. The summed E-state index contributed by atoms with van der Waals surface area (Å²) < 4.78 is 6.73. The van der Waals surface area contributed by atoms with Gasteiger partial charge in [-0.25, -0.2) is 4.79 Å². The number of ether oxygens (including phenoxy) is 1. The topological polar surface area (TPSA) is 86.1 Å². The summed E-state index contributed by atoms with van der Waals surface area (Å²) in [5.41, 5.74) is 1.08. The highest BCUT2D eigenvalue weighted by atomic mass is 32.2. The van der Waals surface area contributed by atoms with Crippen LogP contribution in [0.3, 0.4) is 0 Å². The van der Waals surface area contributed by atoms with Gasteiger partial charge in [-0.15, -0.1) is 10.2 Å². The van der Waals surface area contributed by atoms with Crippen LogP contribution in [0, 0.1) is 6.92 Å². The third-order valence-electron chi connectivity index (χ3n) is 3.06. The first kappa shape index (κ1) is 17.0. The third kappa shape index (κ3) is 4.56. The molecule has 0 spiro atoms. The molecule has 0 aliphatic rings. The lowest BCUT2D eigenvalue weighted by atomic mass is 10.2. The minimum absolute atomic E-state index is 0.153. The Morgan fingerprint density at radius 1 is 1.26 bits per heavy atom. The van der Waals surface area contributed by atoms with Crippen LogP contribution in [0.1, 0.15) is 23.1 Å². The fourth-order valence-electron chi connectivity index (χ4n) is 1.74. The monoisotopic (exact) mass is 334 g/mol. The number of amides is 1. The average Bonchev–Trinajstić information content (AvgIpc) is 2.85. The van der Waals surface area contributed by atoms with Gasteiger partial charge < -0.3 is 14.6 Å². The second kappa shape index (κ2) is 7.77.